The first-order valence-corrected chi connectivity index (χ1v) is 8.64. The maximum absolute atomic E-state index is 12.6. The highest BCUT2D eigenvalue weighted by Gasteiger charge is 2.52. The fourth-order valence-corrected chi connectivity index (χ4v) is 3.83. The van der Waals surface area contributed by atoms with Crippen molar-refractivity contribution in [3.8, 4) is 0 Å². The minimum atomic E-state index is -0.525. The highest BCUT2D eigenvalue weighted by Crippen LogP contribution is 2.44. The third kappa shape index (κ3) is 3.57. The van der Waals surface area contributed by atoms with Gasteiger partial charge in [0.25, 0.3) is 0 Å². The van der Waals surface area contributed by atoms with Crippen molar-refractivity contribution in [2.45, 2.75) is 57.5 Å². The Bertz CT molecular complexity index is 573. The van der Waals surface area contributed by atoms with Gasteiger partial charge in [-0.05, 0) is 44.6 Å². The molecule has 1 aliphatic carbocycles. The molecule has 1 amide bonds. The Labute approximate surface area is 137 Å². The molecule has 4 heteroatoms. The zero-order valence-corrected chi connectivity index (χ0v) is 13.8. The van der Waals surface area contributed by atoms with Crippen molar-refractivity contribution in [3.63, 3.8) is 0 Å². The predicted molar refractivity (Wildman–Crippen MR) is 87.9 cm³/mol. The van der Waals surface area contributed by atoms with Crippen molar-refractivity contribution in [2.24, 2.45) is 5.92 Å². The smallest absolute Gasteiger partial charge is 0.307 e. The summed E-state index contributed by atoms with van der Waals surface area (Å²) in [5, 5.41) is 3.01. The molecule has 1 N–H and O–H groups in total. The zero-order valence-electron chi connectivity index (χ0n) is 13.8. The molecule has 1 atom stereocenters. The van der Waals surface area contributed by atoms with Crippen LogP contribution in [0.3, 0.4) is 0 Å². The lowest BCUT2D eigenvalue weighted by Crippen LogP contribution is -2.46. The van der Waals surface area contributed by atoms with Gasteiger partial charge < -0.3 is 10.1 Å². The van der Waals surface area contributed by atoms with Gasteiger partial charge in [0.2, 0.25) is 5.91 Å². The van der Waals surface area contributed by atoms with Gasteiger partial charge in [-0.2, -0.15) is 0 Å². The largest absolute Gasteiger partial charge is 0.458 e. The number of ether oxygens (including phenoxy) is 1. The van der Waals surface area contributed by atoms with Crippen LogP contribution in [-0.2, 0) is 20.7 Å². The van der Waals surface area contributed by atoms with Gasteiger partial charge in [0.15, 0.2) is 0 Å². The molecule has 1 unspecified atom stereocenters. The monoisotopic (exact) mass is 315 g/mol. The SMILES string of the molecule is Cc1ccc(CCNC(=O)C2CC(=O)OC23CCCCC3)cc1. The molecule has 23 heavy (non-hydrogen) atoms. The number of carbonyl (C=O) groups is 2. The highest BCUT2D eigenvalue weighted by atomic mass is 16.6. The Morgan fingerprint density at radius 3 is 2.61 bits per heavy atom. The molecule has 124 valence electrons. The van der Waals surface area contributed by atoms with Crippen LogP contribution in [0.5, 0.6) is 0 Å². The van der Waals surface area contributed by atoms with Crippen molar-refractivity contribution in [1.29, 1.82) is 0 Å². The summed E-state index contributed by atoms with van der Waals surface area (Å²) in [6.07, 6.45) is 5.95. The molecule has 2 aliphatic rings. The van der Waals surface area contributed by atoms with Crippen LogP contribution in [0, 0.1) is 12.8 Å². The average molecular weight is 315 g/mol. The summed E-state index contributed by atoms with van der Waals surface area (Å²) in [7, 11) is 0. The van der Waals surface area contributed by atoms with E-state index in [-0.39, 0.29) is 24.2 Å². The van der Waals surface area contributed by atoms with Crippen LogP contribution in [-0.4, -0.2) is 24.0 Å². The minimum Gasteiger partial charge on any atom is -0.458 e. The van der Waals surface area contributed by atoms with Crippen LogP contribution in [0.25, 0.3) is 0 Å². The Hall–Kier alpha value is -1.84. The second-order valence-corrected chi connectivity index (χ2v) is 6.88. The fourth-order valence-electron chi connectivity index (χ4n) is 3.83. The summed E-state index contributed by atoms with van der Waals surface area (Å²) in [6.45, 7) is 2.66. The Kier molecular flexibility index (Phi) is 4.69. The fraction of sp³-hybridized carbons (Fsp3) is 0.579. The van der Waals surface area contributed by atoms with E-state index in [2.05, 4.69) is 36.5 Å². The van der Waals surface area contributed by atoms with E-state index in [9.17, 15) is 9.59 Å². The van der Waals surface area contributed by atoms with Gasteiger partial charge in [-0.25, -0.2) is 0 Å². The van der Waals surface area contributed by atoms with E-state index in [0.29, 0.717) is 6.54 Å². The zero-order chi connectivity index (χ0) is 16.3. The third-order valence-electron chi connectivity index (χ3n) is 5.17. The molecule has 2 fully saturated rings. The van der Waals surface area contributed by atoms with Crippen molar-refractivity contribution in [2.75, 3.05) is 6.54 Å². The van der Waals surface area contributed by atoms with Crippen molar-refractivity contribution in [1.82, 2.24) is 5.32 Å². The second kappa shape index (κ2) is 6.73. The highest BCUT2D eigenvalue weighted by molar-refractivity contribution is 5.87. The molecule has 1 aromatic rings. The summed E-state index contributed by atoms with van der Waals surface area (Å²) in [6, 6.07) is 8.34. The first kappa shape index (κ1) is 16.0. The first-order chi connectivity index (χ1) is 11.1. The van der Waals surface area contributed by atoms with Crippen LogP contribution < -0.4 is 5.32 Å². The molecular formula is C19H25NO3. The van der Waals surface area contributed by atoms with Gasteiger partial charge in [-0.1, -0.05) is 36.2 Å². The molecule has 0 bridgehead atoms. The molecular weight excluding hydrogens is 290 g/mol. The summed E-state index contributed by atoms with van der Waals surface area (Å²) in [5.74, 6) is -0.552. The number of esters is 1. The quantitative estimate of drug-likeness (QED) is 0.869. The molecule has 1 heterocycles. The molecule has 3 rings (SSSR count). The van der Waals surface area contributed by atoms with Crippen molar-refractivity contribution in [3.05, 3.63) is 35.4 Å². The van der Waals surface area contributed by atoms with Gasteiger partial charge >= 0.3 is 5.97 Å². The van der Waals surface area contributed by atoms with E-state index in [1.807, 2.05) is 0 Å². The number of hydrogen-bond donors (Lipinski definition) is 1. The van der Waals surface area contributed by atoms with E-state index < -0.39 is 5.60 Å². The first-order valence-electron chi connectivity index (χ1n) is 8.64. The lowest BCUT2D eigenvalue weighted by atomic mass is 9.75. The number of rotatable bonds is 4. The van der Waals surface area contributed by atoms with Gasteiger partial charge in [0, 0.05) is 6.54 Å². The topological polar surface area (TPSA) is 55.4 Å². The Morgan fingerprint density at radius 1 is 1.22 bits per heavy atom. The lowest BCUT2D eigenvalue weighted by Gasteiger charge is -2.36. The van der Waals surface area contributed by atoms with Crippen LogP contribution in [0.1, 0.15) is 49.7 Å². The molecule has 1 aromatic carbocycles. The number of nitrogens with one attached hydrogen (secondary N) is 1. The molecule has 0 radical (unpaired) electrons. The number of amides is 1. The molecule has 1 saturated heterocycles. The van der Waals surface area contributed by atoms with Crippen LogP contribution in [0.15, 0.2) is 24.3 Å². The summed E-state index contributed by atoms with van der Waals surface area (Å²) in [4.78, 5) is 24.3. The van der Waals surface area contributed by atoms with Crippen LogP contribution >= 0.6 is 0 Å². The van der Waals surface area contributed by atoms with Crippen LogP contribution in [0.2, 0.25) is 0 Å². The molecule has 0 aromatic heterocycles. The Morgan fingerprint density at radius 2 is 1.91 bits per heavy atom. The lowest BCUT2D eigenvalue weighted by molar-refractivity contribution is -0.153. The predicted octanol–water partition coefficient (Wildman–Crippen LogP) is 2.92. The minimum absolute atomic E-state index is 0.0233. The van der Waals surface area contributed by atoms with E-state index in [1.54, 1.807) is 0 Å². The van der Waals surface area contributed by atoms with E-state index >= 15 is 0 Å². The van der Waals surface area contributed by atoms with Gasteiger partial charge in [0.1, 0.15) is 5.60 Å². The summed E-state index contributed by atoms with van der Waals surface area (Å²) < 4.78 is 5.60. The van der Waals surface area contributed by atoms with Crippen LogP contribution in [0.4, 0.5) is 0 Å². The number of aryl methyl sites for hydroxylation is 1. The van der Waals surface area contributed by atoms with Gasteiger partial charge in [0.05, 0.1) is 12.3 Å². The number of benzene rings is 1. The van der Waals surface area contributed by atoms with E-state index in [1.165, 1.54) is 17.5 Å². The van der Waals surface area contributed by atoms with E-state index in [0.717, 1.165) is 32.1 Å². The Balaban J connectivity index is 1.56. The van der Waals surface area contributed by atoms with Crippen molar-refractivity contribution >= 4 is 11.9 Å². The summed E-state index contributed by atoms with van der Waals surface area (Å²) in [5.41, 5.74) is 1.92. The standard InChI is InChI=1S/C19H25NO3/c1-14-5-7-15(8-6-14)9-12-20-18(22)16-13-17(21)23-19(16)10-3-2-4-11-19/h5-8,16H,2-4,9-13H2,1H3,(H,20,22). The number of carbonyl (C=O) groups excluding carboxylic acids is 2. The van der Waals surface area contributed by atoms with Gasteiger partial charge in [-0.3, -0.25) is 9.59 Å². The third-order valence-corrected chi connectivity index (χ3v) is 5.17. The molecule has 1 spiro atoms. The van der Waals surface area contributed by atoms with E-state index in [4.69, 9.17) is 4.74 Å². The maximum Gasteiger partial charge on any atom is 0.307 e. The molecule has 4 nitrogen and oxygen atoms in total. The second-order valence-electron chi connectivity index (χ2n) is 6.88. The average Bonchev–Trinajstić information content (AvgIpc) is 2.86. The number of hydrogen-bond acceptors (Lipinski definition) is 3. The maximum atomic E-state index is 12.6. The molecule has 1 saturated carbocycles. The van der Waals surface area contributed by atoms with Gasteiger partial charge in [-0.15, -0.1) is 0 Å². The molecule has 1 aliphatic heterocycles. The van der Waals surface area contributed by atoms with Crippen molar-refractivity contribution < 1.29 is 14.3 Å². The normalized spacial score (nSPS) is 22.8. The summed E-state index contributed by atoms with van der Waals surface area (Å²) >= 11 is 0.